The standard InChI is InChI=1S/C56H36N2S/c1-2-16-39-34-41(30-28-37(39)14-1)57(51-26-13-17-38-15-3-4-19-44(38)51)52-24-10-7-21-46(52)45-20-6-5-18-43(45)40-29-32-48-47-22-8-11-25-53(47)58(54(48)35-40)42-31-33-50-49-23-9-12-27-55(49)59-56(50)36-42/h1-36H. The van der Waals surface area contributed by atoms with Crippen LogP contribution in [0.3, 0.4) is 0 Å². The number of para-hydroxylation sites is 2. The Labute approximate surface area is 346 Å². The monoisotopic (exact) mass is 768 g/mol. The van der Waals surface area contributed by atoms with Gasteiger partial charge in [-0.15, -0.1) is 11.3 Å². The Hall–Kier alpha value is -7.46. The van der Waals surface area contributed by atoms with E-state index in [1.54, 1.807) is 0 Å². The highest BCUT2D eigenvalue weighted by atomic mass is 32.1. The van der Waals surface area contributed by atoms with Gasteiger partial charge in [-0.05, 0) is 87.4 Å². The third-order valence-corrected chi connectivity index (χ3v) is 13.1. The average Bonchev–Trinajstić information content (AvgIpc) is 3.84. The van der Waals surface area contributed by atoms with Gasteiger partial charge in [0.1, 0.15) is 0 Å². The molecule has 2 nitrogen and oxygen atoms in total. The second kappa shape index (κ2) is 13.6. The maximum atomic E-state index is 2.45. The van der Waals surface area contributed by atoms with Crippen molar-refractivity contribution in [3.05, 3.63) is 218 Å². The highest BCUT2D eigenvalue weighted by molar-refractivity contribution is 7.25. The van der Waals surface area contributed by atoms with E-state index in [-0.39, 0.29) is 0 Å². The van der Waals surface area contributed by atoms with Gasteiger partial charge in [0.2, 0.25) is 0 Å². The molecule has 10 aromatic carbocycles. The van der Waals surface area contributed by atoms with Crippen molar-refractivity contribution in [3.63, 3.8) is 0 Å². The number of thiophene rings is 1. The van der Waals surface area contributed by atoms with E-state index in [2.05, 4.69) is 228 Å². The van der Waals surface area contributed by atoms with Crippen LogP contribution >= 0.6 is 11.3 Å². The van der Waals surface area contributed by atoms with Crippen LogP contribution < -0.4 is 4.90 Å². The van der Waals surface area contributed by atoms with Crippen LogP contribution in [0, 0.1) is 0 Å². The van der Waals surface area contributed by atoms with Gasteiger partial charge >= 0.3 is 0 Å². The van der Waals surface area contributed by atoms with Crippen molar-refractivity contribution < 1.29 is 0 Å². The van der Waals surface area contributed by atoms with Gasteiger partial charge in [-0.2, -0.15) is 0 Å². The number of nitrogens with zero attached hydrogens (tertiary/aromatic N) is 2. The van der Waals surface area contributed by atoms with Crippen molar-refractivity contribution in [1.82, 2.24) is 4.57 Å². The van der Waals surface area contributed by atoms with E-state index in [1.807, 2.05) is 11.3 Å². The molecule has 0 saturated carbocycles. The largest absolute Gasteiger partial charge is 0.309 e. The normalized spacial score (nSPS) is 11.7. The maximum Gasteiger partial charge on any atom is 0.0547 e. The molecule has 0 spiro atoms. The van der Waals surface area contributed by atoms with E-state index in [0.29, 0.717) is 0 Å². The number of aromatic nitrogens is 1. The molecule has 12 aromatic rings. The molecule has 2 aromatic heterocycles. The molecule has 0 atom stereocenters. The minimum Gasteiger partial charge on any atom is -0.309 e. The van der Waals surface area contributed by atoms with Gasteiger partial charge in [-0.25, -0.2) is 0 Å². The Morgan fingerprint density at radius 1 is 0.339 bits per heavy atom. The van der Waals surface area contributed by atoms with Gasteiger partial charge in [-0.1, -0.05) is 164 Å². The van der Waals surface area contributed by atoms with Crippen LogP contribution in [-0.4, -0.2) is 4.57 Å². The highest BCUT2D eigenvalue weighted by Gasteiger charge is 2.22. The van der Waals surface area contributed by atoms with E-state index in [4.69, 9.17) is 0 Å². The van der Waals surface area contributed by atoms with Crippen molar-refractivity contribution in [1.29, 1.82) is 0 Å². The predicted octanol–water partition coefficient (Wildman–Crippen LogP) is 16.3. The van der Waals surface area contributed by atoms with Crippen molar-refractivity contribution in [2.45, 2.75) is 0 Å². The summed E-state index contributed by atoms with van der Waals surface area (Å²) in [6.07, 6.45) is 0. The van der Waals surface area contributed by atoms with E-state index >= 15 is 0 Å². The summed E-state index contributed by atoms with van der Waals surface area (Å²) in [5.41, 5.74) is 11.7. The number of hydrogen-bond donors (Lipinski definition) is 0. The maximum absolute atomic E-state index is 2.45. The summed E-state index contributed by atoms with van der Waals surface area (Å²) in [6.45, 7) is 0. The van der Waals surface area contributed by atoms with Crippen LogP contribution in [-0.2, 0) is 0 Å². The summed E-state index contributed by atoms with van der Waals surface area (Å²) in [7, 11) is 0. The number of hydrogen-bond acceptors (Lipinski definition) is 2. The summed E-state index contributed by atoms with van der Waals surface area (Å²) in [5, 5.41) is 9.99. The lowest BCUT2D eigenvalue weighted by Gasteiger charge is -2.29. The van der Waals surface area contributed by atoms with Crippen molar-refractivity contribution in [2.24, 2.45) is 0 Å². The lowest BCUT2D eigenvalue weighted by atomic mass is 9.92. The van der Waals surface area contributed by atoms with Crippen molar-refractivity contribution >= 4 is 91.9 Å². The summed E-state index contributed by atoms with van der Waals surface area (Å²) in [6, 6.07) is 80.1. The van der Waals surface area contributed by atoms with Gasteiger partial charge in [0.15, 0.2) is 0 Å². The van der Waals surface area contributed by atoms with E-state index in [1.165, 1.54) is 91.5 Å². The Bertz CT molecular complexity index is 3580. The Kier molecular flexibility index (Phi) is 7.75. The smallest absolute Gasteiger partial charge is 0.0547 e. The molecule has 0 aliphatic heterocycles. The molecule has 0 radical (unpaired) electrons. The number of fused-ring (bicyclic) bond motifs is 8. The fourth-order valence-electron chi connectivity index (χ4n) is 9.26. The lowest BCUT2D eigenvalue weighted by Crippen LogP contribution is -2.12. The molecule has 0 aliphatic rings. The van der Waals surface area contributed by atoms with E-state index < -0.39 is 0 Å². The van der Waals surface area contributed by atoms with E-state index in [9.17, 15) is 0 Å². The summed E-state index contributed by atoms with van der Waals surface area (Å²) in [5.74, 6) is 0. The van der Waals surface area contributed by atoms with Gasteiger partial charge in [-0.3, -0.25) is 0 Å². The minimum absolute atomic E-state index is 1.12. The molecule has 276 valence electrons. The summed E-state index contributed by atoms with van der Waals surface area (Å²) >= 11 is 1.87. The molecule has 0 saturated heterocycles. The summed E-state index contributed by atoms with van der Waals surface area (Å²) in [4.78, 5) is 2.45. The molecule has 3 heteroatoms. The van der Waals surface area contributed by atoms with Crippen LogP contribution in [0.5, 0.6) is 0 Å². The zero-order valence-corrected chi connectivity index (χ0v) is 32.9. The highest BCUT2D eigenvalue weighted by Crippen LogP contribution is 2.47. The quantitative estimate of drug-likeness (QED) is 0.164. The van der Waals surface area contributed by atoms with Crippen LogP contribution in [0.15, 0.2) is 218 Å². The lowest BCUT2D eigenvalue weighted by molar-refractivity contribution is 1.19. The van der Waals surface area contributed by atoms with Crippen LogP contribution in [0.1, 0.15) is 0 Å². The first-order chi connectivity index (χ1) is 29.3. The average molecular weight is 769 g/mol. The molecule has 12 rings (SSSR count). The topological polar surface area (TPSA) is 8.17 Å². The van der Waals surface area contributed by atoms with Crippen LogP contribution in [0.2, 0.25) is 0 Å². The molecule has 0 N–H and O–H groups in total. The van der Waals surface area contributed by atoms with Crippen molar-refractivity contribution in [2.75, 3.05) is 4.90 Å². The molecular formula is C56H36N2S. The first-order valence-electron chi connectivity index (χ1n) is 20.2. The van der Waals surface area contributed by atoms with Gasteiger partial charge in [0.05, 0.1) is 22.4 Å². The fraction of sp³-hybridized carbons (Fsp3) is 0. The number of benzene rings is 10. The predicted molar refractivity (Wildman–Crippen MR) is 254 cm³/mol. The zero-order chi connectivity index (χ0) is 38.9. The molecule has 0 amide bonds. The van der Waals surface area contributed by atoms with Gasteiger partial charge in [0, 0.05) is 53.3 Å². The SMILES string of the molecule is c1ccc(-c2ccccc2N(c2ccc3ccccc3c2)c2cccc3ccccc23)c(-c2ccc3c4ccccc4n(-c4ccc5c(c4)sc4ccccc45)c3c2)c1. The molecule has 59 heavy (non-hydrogen) atoms. The van der Waals surface area contributed by atoms with Crippen LogP contribution in [0.4, 0.5) is 17.1 Å². The molecule has 0 aliphatic carbocycles. The van der Waals surface area contributed by atoms with E-state index in [0.717, 1.165) is 17.1 Å². The Morgan fingerprint density at radius 2 is 0.966 bits per heavy atom. The summed E-state index contributed by atoms with van der Waals surface area (Å²) < 4.78 is 5.08. The molecule has 0 bridgehead atoms. The zero-order valence-electron chi connectivity index (χ0n) is 32.1. The third kappa shape index (κ3) is 5.47. The molecule has 0 unspecified atom stereocenters. The first kappa shape index (κ1) is 33.7. The second-order valence-corrected chi connectivity index (χ2v) is 16.4. The molecule has 0 fully saturated rings. The van der Waals surface area contributed by atoms with Gasteiger partial charge < -0.3 is 9.47 Å². The molecular weight excluding hydrogens is 733 g/mol. The first-order valence-corrected chi connectivity index (χ1v) is 21.0. The number of rotatable bonds is 6. The fourth-order valence-corrected chi connectivity index (χ4v) is 10.4. The van der Waals surface area contributed by atoms with Crippen LogP contribution in [0.25, 0.3) is 91.5 Å². The minimum atomic E-state index is 1.12. The van der Waals surface area contributed by atoms with Gasteiger partial charge in [0.25, 0.3) is 0 Å². The molecule has 2 heterocycles. The Balaban J connectivity index is 1.06. The van der Waals surface area contributed by atoms with Crippen molar-refractivity contribution in [3.8, 4) is 27.9 Å². The number of anilines is 3. The third-order valence-electron chi connectivity index (χ3n) is 12.0. The second-order valence-electron chi connectivity index (χ2n) is 15.3. The Morgan fingerprint density at radius 3 is 1.86 bits per heavy atom.